The van der Waals surface area contributed by atoms with E-state index in [1.165, 1.54) is 6.07 Å². The van der Waals surface area contributed by atoms with Crippen LogP contribution in [0.2, 0.25) is 0 Å². The molecule has 1 N–H and O–H groups in total. The third kappa shape index (κ3) is 4.58. The van der Waals surface area contributed by atoms with E-state index < -0.39 is 0 Å². The zero-order valence-electron chi connectivity index (χ0n) is 11.6. The summed E-state index contributed by atoms with van der Waals surface area (Å²) in [6.07, 6.45) is 1.81. The standard InChI is InChI=1S/C14H21BrN2O2/c1-4-16-12(10(2)3)9-8-11-6-5-7-13(14(11)15)17(18)19/h5-7,10,12,16H,4,8-9H2,1-3H3. The van der Waals surface area contributed by atoms with E-state index in [2.05, 4.69) is 42.0 Å². The number of nitrogens with one attached hydrogen (secondary N) is 1. The molecule has 19 heavy (non-hydrogen) atoms. The van der Waals surface area contributed by atoms with Crippen molar-refractivity contribution < 1.29 is 4.92 Å². The maximum absolute atomic E-state index is 10.9. The van der Waals surface area contributed by atoms with E-state index in [0.29, 0.717) is 16.4 Å². The topological polar surface area (TPSA) is 55.2 Å². The summed E-state index contributed by atoms with van der Waals surface area (Å²) in [6, 6.07) is 5.66. The van der Waals surface area contributed by atoms with Gasteiger partial charge in [-0.15, -0.1) is 0 Å². The molecule has 0 saturated heterocycles. The third-order valence-corrected chi connectivity index (χ3v) is 4.17. The van der Waals surface area contributed by atoms with Crippen molar-refractivity contribution >= 4 is 21.6 Å². The van der Waals surface area contributed by atoms with Gasteiger partial charge in [-0.2, -0.15) is 0 Å². The molecule has 106 valence electrons. The van der Waals surface area contributed by atoms with Crippen LogP contribution < -0.4 is 5.32 Å². The smallest absolute Gasteiger partial charge is 0.283 e. The van der Waals surface area contributed by atoms with E-state index >= 15 is 0 Å². The summed E-state index contributed by atoms with van der Waals surface area (Å²) in [6.45, 7) is 7.42. The first-order valence-electron chi connectivity index (χ1n) is 6.62. The monoisotopic (exact) mass is 328 g/mol. The second-order valence-corrected chi connectivity index (χ2v) is 5.75. The SMILES string of the molecule is CCNC(CCc1cccc([N+](=O)[O-])c1Br)C(C)C. The minimum atomic E-state index is -0.349. The predicted molar refractivity (Wildman–Crippen MR) is 81.4 cm³/mol. The molecule has 0 bridgehead atoms. The summed E-state index contributed by atoms with van der Waals surface area (Å²) in [5.74, 6) is 0.553. The van der Waals surface area contributed by atoms with Crippen LogP contribution in [0, 0.1) is 16.0 Å². The summed E-state index contributed by atoms with van der Waals surface area (Å²) in [5, 5.41) is 14.3. The Kier molecular flexibility index (Phi) is 6.45. The molecule has 0 fully saturated rings. The molecule has 0 saturated carbocycles. The van der Waals surface area contributed by atoms with Gasteiger partial charge in [-0.25, -0.2) is 0 Å². The van der Waals surface area contributed by atoms with Crippen molar-refractivity contribution in [2.75, 3.05) is 6.54 Å². The largest absolute Gasteiger partial charge is 0.314 e. The summed E-state index contributed by atoms with van der Waals surface area (Å²) in [5.41, 5.74) is 1.14. The van der Waals surface area contributed by atoms with Crippen molar-refractivity contribution in [2.45, 2.75) is 39.7 Å². The second kappa shape index (κ2) is 7.60. The van der Waals surface area contributed by atoms with Crippen molar-refractivity contribution in [3.8, 4) is 0 Å². The Balaban J connectivity index is 2.77. The normalized spacial score (nSPS) is 12.7. The molecule has 0 aliphatic rings. The van der Waals surface area contributed by atoms with E-state index in [4.69, 9.17) is 0 Å². The molecule has 0 spiro atoms. The van der Waals surface area contributed by atoms with E-state index in [9.17, 15) is 10.1 Å². The lowest BCUT2D eigenvalue weighted by Gasteiger charge is -2.21. The Morgan fingerprint density at radius 3 is 2.63 bits per heavy atom. The molecule has 1 rings (SSSR count). The number of hydrogen-bond donors (Lipinski definition) is 1. The van der Waals surface area contributed by atoms with Gasteiger partial charge in [-0.3, -0.25) is 10.1 Å². The highest BCUT2D eigenvalue weighted by Gasteiger charge is 2.17. The first-order valence-corrected chi connectivity index (χ1v) is 7.41. The van der Waals surface area contributed by atoms with E-state index in [-0.39, 0.29) is 10.6 Å². The molecule has 0 amide bonds. The van der Waals surface area contributed by atoms with Gasteiger partial charge in [0.2, 0.25) is 0 Å². The molecule has 4 nitrogen and oxygen atoms in total. The van der Waals surface area contributed by atoms with Crippen molar-refractivity contribution in [3.05, 3.63) is 38.3 Å². The number of hydrogen-bond acceptors (Lipinski definition) is 3. The average molecular weight is 329 g/mol. The molecule has 0 heterocycles. The lowest BCUT2D eigenvalue weighted by atomic mass is 9.96. The first kappa shape index (κ1) is 16.1. The molecule has 1 aromatic carbocycles. The summed E-state index contributed by atoms with van der Waals surface area (Å²) in [4.78, 5) is 10.5. The fourth-order valence-corrected chi connectivity index (χ4v) is 2.75. The van der Waals surface area contributed by atoms with Crippen LogP contribution in [0.5, 0.6) is 0 Å². The van der Waals surface area contributed by atoms with Gasteiger partial charge in [0.1, 0.15) is 0 Å². The number of rotatable bonds is 7. The molecule has 1 aromatic rings. The number of aryl methyl sites for hydroxylation is 1. The van der Waals surface area contributed by atoms with Gasteiger partial charge in [-0.05, 0) is 46.8 Å². The van der Waals surface area contributed by atoms with E-state index in [1.807, 2.05) is 6.07 Å². The number of benzene rings is 1. The Hall–Kier alpha value is -0.940. The molecule has 0 aliphatic carbocycles. The highest BCUT2D eigenvalue weighted by Crippen LogP contribution is 2.29. The predicted octanol–water partition coefficient (Wildman–Crippen LogP) is 3.92. The fourth-order valence-electron chi connectivity index (χ4n) is 2.14. The van der Waals surface area contributed by atoms with Gasteiger partial charge in [0.15, 0.2) is 0 Å². The van der Waals surface area contributed by atoms with E-state index in [1.54, 1.807) is 6.07 Å². The highest BCUT2D eigenvalue weighted by molar-refractivity contribution is 9.10. The lowest BCUT2D eigenvalue weighted by Crippen LogP contribution is -2.34. The summed E-state index contributed by atoms with van der Waals surface area (Å²) in [7, 11) is 0. The zero-order chi connectivity index (χ0) is 14.4. The van der Waals surface area contributed by atoms with Crippen LogP contribution in [0.1, 0.15) is 32.8 Å². The van der Waals surface area contributed by atoms with Crippen molar-refractivity contribution in [1.29, 1.82) is 0 Å². The van der Waals surface area contributed by atoms with E-state index in [0.717, 1.165) is 24.9 Å². The van der Waals surface area contributed by atoms with Crippen molar-refractivity contribution in [1.82, 2.24) is 5.32 Å². The fraction of sp³-hybridized carbons (Fsp3) is 0.571. The van der Waals surface area contributed by atoms with Gasteiger partial charge in [0.05, 0.1) is 9.40 Å². The van der Waals surface area contributed by atoms with Crippen LogP contribution in [0.25, 0.3) is 0 Å². The third-order valence-electron chi connectivity index (χ3n) is 3.25. The van der Waals surface area contributed by atoms with Crippen LogP contribution >= 0.6 is 15.9 Å². The zero-order valence-corrected chi connectivity index (χ0v) is 13.2. The quantitative estimate of drug-likeness (QED) is 0.609. The minimum absolute atomic E-state index is 0.141. The molecule has 5 heteroatoms. The highest BCUT2D eigenvalue weighted by atomic mass is 79.9. The number of nitrogens with zero attached hydrogens (tertiary/aromatic N) is 1. The van der Waals surface area contributed by atoms with Crippen LogP contribution in [0.4, 0.5) is 5.69 Å². The van der Waals surface area contributed by atoms with Crippen LogP contribution in [0.15, 0.2) is 22.7 Å². The van der Waals surface area contributed by atoms with Gasteiger partial charge >= 0.3 is 0 Å². The van der Waals surface area contributed by atoms with Gasteiger partial charge < -0.3 is 5.32 Å². The molecule has 1 atom stereocenters. The minimum Gasteiger partial charge on any atom is -0.314 e. The molecule has 0 aliphatic heterocycles. The molecular weight excluding hydrogens is 308 g/mol. The van der Waals surface area contributed by atoms with Gasteiger partial charge in [0.25, 0.3) is 5.69 Å². The number of nitro benzene ring substituents is 1. The Morgan fingerprint density at radius 2 is 2.11 bits per heavy atom. The van der Waals surface area contributed by atoms with Crippen molar-refractivity contribution in [3.63, 3.8) is 0 Å². The number of halogens is 1. The maximum Gasteiger partial charge on any atom is 0.283 e. The van der Waals surface area contributed by atoms with Crippen LogP contribution in [-0.4, -0.2) is 17.5 Å². The van der Waals surface area contributed by atoms with Gasteiger partial charge in [0, 0.05) is 12.1 Å². The van der Waals surface area contributed by atoms with Crippen LogP contribution in [0.3, 0.4) is 0 Å². The molecule has 1 unspecified atom stereocenters. The average Bonchev–Trinajstić information content (AvgIpc) is 2.35. The Bertz CT molecular complexity index is 435. The van der Waals surface area contributed by atoms with Crippen molar-refractivity contribution in [2.24, 2.45) is 5.92 Å². The van der Waals surface area contributed by atoms with Crippen LogP contribution in [-0.2, 0) is 6.42 Å². The Labute approximate surface area is 122 Å². The molecule has 0 aromatic heterocycles. The molecule has 0 radical (unpaired) electrons. The molecular formula is C14H21BrN2O2. The summed E-state index contributed by atoms with van der Waals surface area (Å²) >= 11 is 3.35. The second-order valence-electron chi connectivity index (χ2n) is 4.95. The lowest BCUT2D eigenvalue weighted by molar-refractivity contribution is -0.385. The maximum atomic E-state index is 10.9. The number of nitro groups is 1. The summed E-state index contributed by atoms with van der Waals surface area (Å²) < 4.78 is 0.610. The Morgan fingerprint density at radius 1 is 1.42 bits per heavy atom. The van der Waals surface area contributed by atoms with Gasteiger partial charge in [-0.1, -0.05) is 32.9 Å². The first-order chi connectivity index (χ1) is 8.97.